The number of para-hydroxylation sites is 2. The van der Waals surface area contributed by atoms with Gasteiger partial charge >= 0.3 is 0 Å². The molecule has 0 spiro atoms. The molecule has 2 aliphatic heterocycles. The van der Waals surface area contributed by atoms with E-state index in [0.717, 1.165) is 25.5 Å². The van der Waals surface area contributed by atoms with Crippen LogP contribution in [0, 0.1) is 0 Å². The van der Waals surface area contributed by atoms with Crippen molar-refractivity contribution >= 4 is 17.5 Å². The molecule has 1 N–H and O–H groups in total. The van der Waals surface area contributed by atoms with Crippen LogP contribution in [-0.2, 0) is 23.2 Å². The van der Waals surface area contributed by atoms with Crippen LogP contribution in [0.25, 0.3) is 0 Å². The summed E-state index contributed by atoms with van der Waals surface area (Å²) in [4.78, 5) is 33.3. The third-order valence-electron chi connectivity index (χ3n) is 5.08. The lowest BCUT2D eigenvalue weighted by molar-refractivity contribution is -0.138. The van der Waals surface area contributed by atoms with Crippen molar-refractivity contribution < 1.29 is 14.3 Å². The van der Waals surface area contributed by atoms with Crippen LogP contribution in [0.15, 0.2) is 36.7 Å². The van der Waals surface area contributed by atoms with Crippen molar-refractivity contribution in [3.05, 3.63) is 42.5 Å². The van der Waals surface area contributed by atoms with E-state index in [-0.39, 0.29) is 18.2 Å². The normalized spacial score (nSPS) is 20.0. The SMILES string of the molecule is Cn1ccnc1CN1CCN(C(=O)CC2Oc3ccccc3NC2=O)CC1. The summed E-state index contributed by atoms with van der Waals surface area (Å²) in [5, 5.41) is 2.80. The number of piperazine rings is 1. The van der Waals surface area contributed by atoms with Crippen LogP contribution in [-0.4, -0.2) is 63.4 Å². The number of anilines is 1. The van der Waals surface area contributed by atoms with Gasteiger partial charge in [-0.3, -0.25) is 14.5 Å². The Bertz CT molecular complexity index is 841. The summed E-state index contributed by atoms with van der Waals surface area (Å²) in [5.41, 5.74) is 0.647. The maximum absolute atomic E-state index is 12.6. The summed E-state index contributed by atoms with van der Waals surface area (Å²) in [6.45, 7) is 3.65. The molecule has 0 radical (unpaired) electrons. The van der Waals surface area contributed by atoms with E-state index in [4.69, 9.17) is 4.74 Å². The number of aromatic nitrogens is 2. The molecule has 3 heterocycles. The van der Waals surface area contributed by atoms with E-state index in [1.54, 1.807) is 18.3 Å². The monoisotopic (exact) mass is 369 g/mol. The molecule has 2 amide bonds. The van der Waals surface area contributed by atoms with Gasteiger partial charge < -0.3 is 19.5 Å². The number of carbonyl (C=O) groups excluding carboxylic acids is 2. The average molecular weight is 369 g/mol. The summed E-state index contributed by atoms with van der Waals surface area (Å²) in [7, 11) is 1.98. The Morgan fingerprint density at radius 3 is 2.78 bits per heavy atom. The van der Waals surface area contributed by atoms with Crippen molar-refractivity contribution in [2.45, 2.75) is 19.1 Å². The minimum atomic E-state index is -0.780. The molecule has 2 aliphatic rings. The number of benzene rings is 1. The van der Waals surface area contributed by atoms with Gasteiger partial charge in [-0.2, -0.15) is 0 Å². The summed E-state index contributed by atoms with van der Waals surface area (Å²) in [5.74, 6) is 1.30. The van der Waals surface area contributed by atoms with Crippen LogP contribution in [0.3, 0.4) is 0 Å². The van der Waals surface area contributed by atoms with E-state index in [1.807, 2.05) is 34.8 Å². The van der Waals surface area contributed by atoms with Crippen molar-refractivity contribution in [3.8, 4) is 5.75 Å². The summed E-state index contributed by atoms with van der Waals surface area (Å²) in [6.07, 6.45) is 3.00. The van der Waals surface area contributed by atoms with Gasteiger partial charge in [0.1, 0.15) is 11.6 Å². The fourth-order valence-electron chi connectivity index (χ4n) is 3.42. The molecule has 1 aromatic carbocycles. The Morgan fingerprint density at radius 1 is 1.26 bits per heavy atom. The van der Waals surface area contributed by atoms with Gasteiger partial charge in [-0.25, -0.2) is 4.98 Å². The van der Waals surface area contributed by atoms with E-state index < -0.39 is 6.10 Å². The standard InChI is InChI=1S/C19H23N5O3/c1-22-7-6-20-17(22)13-23-8-10-24(11-9-23)18(25)12-16-19(26)21-14-4-2-3-5-15(14)27-16/h2-7,16H,8-13H2,1H3,(H,21,26). The molecule has 1 fully saturated rings. The van der Waals surface area contributed by atoms with Crippen molar-refractivity contribution in [2.24, 2.45) is 7.05 Å². The van der Waals surface area contributed by atoms with Crippen LogP contribution < -0.4 is 10.1 Å². The molecule has 1 atom stereocenters. The molecular formula is C19H23N5O3. The zero-order valence-electron chi connectivity index (χ0n) is 15.3. The number of nitrogens with one attached hydrogen (secondary N) is 1. The van der Waals surface area contributed by atoms with Crippen molar-refractivity contribution in [1.29, 1.82) is 0 Å². The molecule has 8 nitrogen and oxygen atoms in total. The van der Waals surface area contributed by atoms with Gasteiger partial charge in [0, 0.05) is 45.6 Å². The zero-order chi connectivity index (χ0) is 18.8. The molecule has 142 valence electrons. The Balaban J connectivity index is 1.30. The maximum Gasteiger partial charge on any atom is 0.266 e. The number of ether oxygens (including phenoxy) is 1. The third kappa shape index (κ3) is 3.80. The van der Waals surface area contributed by atoms with Crippen molar-refractivity contribution in [2.75, 3.05) is 31.5 Å². The lowest BCUT2D eigenvalue weighted by Crippen LogP contribution is -2.50. The highest BCUT2D eigenvalue weighted by Crippen LogP contribution is 2.29. The summed E-state index contributed by atoms with van der Waals surface area (Å²) in [6, 6.07) is 7.25. The number of nitrogens with zero attached hydrogens (tertiary/aromatic N) is 4. The first-order chi connectivity index (χ1) is 13.1. The van der Waals surface area contributed by atoms with E-state index in [9.17, 15) is 9.59 Å². The van der Waals surface area contributed by atoms with Gasteiger partial charge in [0.05, 0.1) is 18.7 Å². The van der Waals surface area contributed by atoms with Gasteiger partial charge in [0.15, 0.2) is 6.10 Å². The van der Waals surface area contributed by atoms with Crippen LogP contribution in [0.4, 0.5) is 5.69 Å². The Kier molecular flexibility index (Phi) is 4.81. The fraction of sp³-hybridized carbons (Fsp3) is 0.421. The number of hydrogen-bond donors (Lipinski definition) is 1. The highest BCUT2D eigenvalue weighted by Gasteiger charge is 2.32. The van der Waals surface area contributed by atoms with E-state index >= 15 is 0 Å². The number of imidazole rings is 1. The second-order valence-corrected chi connectivity index (χ2v) is 6.91. The molecular weight excluding hydrogens is 346 g/mol. The molecule has 27 heavy (non-hydrogen) atoms. The molecule has 4 rings (SSSR count). The van der Waals surface area contributed by atoms with Gasteiger partial charge in [0.2, 0.25) is 5.91 Å². The molecule has 8 heteroatoms. The van der Waals surface area contributed by atoms with Crippen LogP contribution in [0.5, 0.6) is 5.75 Å². The highest BCUT2D eigenvalue weighted by molar-refractivity contribution is 5.99. The number of carbonyl (C=O) groups is 2. The van der Waals surface area contributed by atoms with Crippen LogP contribution in [0.1, 0.15) is 12.2 Å². The minimum Gasteiger partial charge on any atom is -0.478 e. The molecule has 0 bridgehead atoms. The minimum absolute atomic E-state index is 0.0498. The topological polar surface area (TPSA) is 79.7 Å². The van der Waals surface area contributed by atoms with Gasteiger partial charge in [-0.15, -0.1) is 0 Å². The predicted molar refractivity (Wildman–Crippen MR) is 99.2 cm³/mol. The number of fused-ring (bicyclic) bond motifs is 1. The average Bonchev–Trinajstić information content (AvgIpc) is 3.07. The Morgan fingerprint density at radius 2 is 2.04 bits per heavy atom. The van der Waals surface area contributed by atoms with Gasteiger partial charge in [-0.05, 0) is 12.1 Å². The smallest absolute Gasteiger partial charge is 0.266 e. The summed E-state index contributed by atoms with van der Waals surface area (Å²) >= 11 is 0. The second-order valence-electron chi connectivity index (χ2n) is 6.91. The highest BCUT2D eigenvalue weighted by atomic mass is 16.5. The lowest BCUT2D eigenvalue weighted by atomic mass is 10.1. The third-order valence-corrected chi connectivity index (χ3v) is 5.08. The predicted octanol–water partition coefficient (Wildman–Crippen LogP) is 0.854. The van der Waals surface area contributed by atoms with E-state index in [0.29, 0.717) is 24.5 Å². The van der Waals surface area contributed by atoms with Crippen LogP contribution >= 0.6 is 0 Å². The number of amides is 2. The van der Waals surface area contributed by atoms with Crippen molar-refractivity contribution in [3.63, 3.8) is 0 Å². The molecule has 0 aliphatic carbocycles. The first kappa shape index (κ1) is 17.5. The first-order valence-corrected chi connectivity index (χ1v) is 9.13. The lowest BCUT2D eigenvalue weighted by Gasteiger charge is -2.35. The zero-order valence-corrected chi connectivity index (χ0v) is 15.3. The second kappa shape index (κ2) is 7.40. The molecule has 0 saturated carbocycles. The molecule has 1 aromatic heterocycles. The number of rotatable bonds is 4. The molecule has 2 aromatic rings. The molecule has 1 saturated heterocycles. The number of aryl methyl sites for hydroxylation is 1. The van der Waals surface area contributed by atoms with E-state index in [2.05, 4.69) is 15.2 Å². The largest absolute Gasteiger partial charge is 0.478 e. The fourth-order valence-corrected chi connectivity index (χ4v) is 3.42. The Hall–Kier alpha value is -2.87. The maximum atomic E-state index is 12.6. The Labute approximate surface area is 157 Å². The van der Waals surface area contributed by atoms with Crippen LogP contribution in [0.2, 0.25) is 0 Å². The van der Waals surface area contributed by atoms with Crippen molar-refractivity contribution in [1.82, 2.24) is 19.4 Å². The van der Waals surface area contributed by atoms with Gasteiger partial charge in [0.25, 0.3) is 5.91 Å². The quantitative estimate of drug-likeness (QED) is 0.865. The molecule has 1 unspecified atom stereocenters. The van der Waals surface area contributed by atoms with Gasteiger partial charge in [-0.1, -0.05) is 12.1 Å². The van der Waals surface area contributed by atoms with E-state index in [1.165, 1.54) is 0 Å². The summed E-state index contributed by atoms with van der Waals surface area (Å²) < 4.78 is 7.74. The number of hydrogen-bond acceptors (Lipinski definition) is 5. The first-order valence-electron chi connectivity index (χ1n) is 9.13.